The monoisotopic (exact) mass is 241 g/mol. The minimum Gasteiger partial charge on any atom is -0.377 e. The van der Waals surface area contributed by atoms with E-state index in [1.807, 2.05) is 0 Å². The van der Waals surface area contributed by atoms with Crippen molar-refractivity contribution < 1.29 is 4.74 Å². The Bertz CT molecular complexity index is 189. The highest BCUT2D eigenvalue weighted by molar-refractivity contribution is 4.83. The fraction of sp³-hybridized carbons (Fsp3) is 1.00. The second-order valence-corrected chi connectivity index (χ2v) is 5.73. The molecular formula is C15H31NO. The van der Waals surface area contributed by atoms with Crippen molar-refractivity contribution in [2.24, 2.45) is 17.6 Å². The van der Waals surface area contributed by atoms with E-state index >= 15 is 0 Å². The van der Waals surface area contributed by atoms with E-state index in [4.69, 9.17) is 10.5 Å². The molecule has 1 aliphatic carbocycles. The standard InChI is InChI=1S/C15H31NO/c1-4-12(3)11-14(16)15(17-5-2)13-9-7-6-8-10-13/h12-15H,4-11,16H2,1-3H3. The van der Waals surface area contributed by atoms with Gasteiger partial charge in [0.2, 0.25) is 0 Å². The minimum atomic E-state index is 0.230. The lowest BCUT2D eigenvalue weighted by molar-refractivity contribution is -0.0135. The van der Waals surface area contributed by atoms with Crippen LogP contribution >= 0.6 is 0 Å². The van der Waals surface area contributed by atoms with E-state index < -0.39 is 0 Å². The third-order valence-electron chi connectivity index (χ3n) is 4.27. The zero-order chi connectivity index (χ0) is 12.7. The molecule has 0 heterocycles. The van der Waals surface area contributed by atoms with E-state index in [9.17, 15) is 0 Å². The first kappa shape index (κ1) is 15.0. The lowest BCUT2D eigenvalue weighted by atomic mass is 9.80. The van der Waals surface area contributed by atoms with Gasteiger partial charge in [-0.05, 0) is 38.0 Å². The summed E-state index contributed by atoms with van der Waals surface area (Å²) in [5.41, 5.74) is 6.39. The van der Waals surface area contributed by atoms with Crippen molar-refractivity contribution in [3.8, 4) is 0 Å². The molecule has 0 radical (unpaired) electrons. The molecular weight excluding hydrogens is 210 g/mol. The number of hydrogen-bond acceptors (Lipinski definition) is 2. The normalized spacial score (nSPS) is 23.3. The van der Waals surface area contributed by atoms with Gasteiger partial charge in [-0.25, -0.2) is 0 Å². The van der Waals surface area contributed by atoms with Crippen LogP contribution in [0.15, 0.2) is 0 Å². The lowest BCUT2D eigenvalue weighted by Gasteiger charge is -2.34. The van der Waals surface area contributed by atoms with Gasteiger partial charge in [0.05, 0.1) is 6.10 Å². The molecule has 2 heteroatoms. The molecule has 0 aromatic heterocycles. The zero-order valence-corrected chi connectivity index (χ0v) is 12.0. The van der Waals surface area contributed by atoms with Gasteiger partial charge >= 0.3 is 0 Å². The molecule has 1 rings (SSSR count). The van der Waals surface area contributed by atoms with Crippen molar-refractivity contribution in [3.05, 3.63) is 0 Å². The summed E-state index contributed by atoms with van der Waals surface area (Å²) in [6.07, 6.45) is 9.39. The molecule has 0 saturated heterocycles. The first-order chi connectivity index (χ1) is 8.19. The Labute approximate surface area is 107 Å². The molecule has 0 aliphatic heterocycles. The number of hydrogen-bond donors (Lipinski definition) is 1. The molecule has 1 aliphatic rings. The lowest BCUT2D eigenvalue weighted by Crippen LogP contribution is -2.43. The second-order valence-electron chi connectivity index (χ2n) is 5.73. The molecule has 0 amide bonds. The van der Waals surface area contributed by atoms with Crippen LogP contribution in [0.5, 0.6) is 0 Å². The third-order valence-corrected chi connectivity index (χ3v) is 4.27. The van der Waals surface area contributed by atoms with Gasteiger partial charge in [0.15, 0.2) is 0 Å². The summed E-state index contributed by atoms with van der Waals surface area (Å²) >= 11 is 0. The van der Waals surface area contributed by atoms with Gasteiger partial charge in [-0.3, -0.25) is 0 Å². The van der Waals surface area contributed by atoms with Gasteiger partial charge in [-0.15, -0.1) is 0 Å². The first-order valence-electron chi connectivity index (χ1n) is 7.56. The van der Waals surface area contributed by atoms with Gasteiger partial charge in [-0.1, -0.05) is 39.5 Å². The van der Waals surface area contributed by atoms with E-state index in [2.05, 4.69) is 20.8 Å². The molecule has 3 atom stereocenters. The fourth-order valence-electron chi connectivity index (χ4n) is 3.03. The van der Waals surface area contributed by atoms with Gasteiger partial charge < -0.3 is 10.5 Å². The van der Waals surface area contributed by atoms with E-state index in [1.165, 1.54) is 38.5 Å². The summed E-state index contributed by atoms with van der Waals surface area (Å²) in [6, 6.07) is 0.230. The predicted octanol–water partition coefficient (Wildman–Crippen LogP) is 3.74. The first-order valence-corrected chi connectivity index (χ1v) is 7.56. The molecule has 2 nitrogen and oxygen atoms in total. The Morgan fingerprint density at radius 3 is 2.35 bits per heavy atom. The SMILES string of the molecule is CCOC(C(N)CC(C)CC)C1CCCCC1. The molecule has 3 unspecified atom stereocenters. The van der Waals surface area contributed by atoms with Crippen molar-refractivity contribution in [2.75, 3.05) is 6.61 Å². The zero-order valence-electron chi connectivity index (χ0n) is 12.0. The molecule has 1 saturated carbocycles. The molecule has 102 valence electrons. The number of ether oxygens (including phenoxy) is 1. The summed E-state index contributed by atoms with van der Waals surface area (Å²) in [6.45, 7) is 7.43. The third kappa shape index (κ3) is 4.97. The minimum absolute atomic E-state index is 0.230. The van der Waals surface area contributed by atoms with E-state index in [-0.39, 0.29) is 6.04 Å². The van der Waals surface area contributed by atoms with Crippen LogP contribution in [0.2, 0.25) is 0 Å². The average Bonchev–Trinajstić information content (AvgIpc) is 2.36. The molecule has 0 aromatic rings. The van der Waals surface area contributed by atoms with Crippen molar-refractivity contribution in [2.45, 2.75) is 77.9 Å². The highest BCUT2D eigenvalue weighted by atomic mass is 16.5. The van der Waals surface area contributed by atoms with E-state index in [1.54, 1.807) is 0 Å². The summed E-state index contributed by atoms with van der Waals surface area (Å²) in [7, 11) is 0. The smallest absolute Gasteiger partial charge is 0.0753 e. The summed E-state index contributed by atoms with van der Waals surface area (Å²) < 4.78 is 5.96. The van der Waals surface area contributed by atoms with Crippen LogP contribution < -0.4 is 5.73 Å². The van der Waals surface area contributed by atoms with Crippen molar-refractivity contribution >= 4 is 0 Å². The van der Waals surface area contributed by atoms with Crippen LogP contribution in [0.4, 0.5) is 0 Å². The maximum Gasteiger partial charge on any atom is 0.0753 e. The van der Waals surface area contributed by atoms with Crippen LogP contribution in [-0.2, 0) is 4.74 Å². The van der Waals surface area contributed by atoms with Gasteiger partial charge in [0.1, 0.15) is 0 Å². The molecule has 0 spiro atoms. The summed E-state index contributed by atoms with van der Waals surface area (Å²) in [5.74, 6) is 1.43. The molecule has 1 fully saturated rings. The van der Waals surface area contributed by atoms with E-state index in [0.717, 1.165) is 18.9 Å². The highest BCUT2D eigenvalue weighted by Crippen LogP contribution is 2.30. The average molecular weight is 241 g/mol. The maximum atomic E-state index is 6.39. The Balaban J connectivity index is 2.50. The Morgan fingerprint density at radius 2 is 1.82 bits per heavy atom. The molecule has 17 heavy (non-hydrogen) atoms. The van der Waals surface area contributed by atoms with Crippen LogP contribution in [0.1, 0.15) is 65.7 Å². The number of rotatable bonds is 7. The van der Waals surface area contributed by atoms with Crippen molar-refractivity contribution in [1.29, 1.82) is 0 Å². The molecule has 2 N–H and O–H groups in total. The summed E-state index contributed by atoms with van der Waals surface area (Å²) in [5, 5.41) is 0. The van der Waals surface area contributed by atoms with Crippen LogP contribution in [0.3, 0.4) is 0 Å². The summed E-state index contributed by atoms with van der Waals surface area (Å²) in [4.78, 5) is 0. The van der Waals surface area contributed by atoms with Crippen LogP contribution in [0.25, 0.3) is 0 Å². The highest BCUT2D eigenvalue weighted by Gasteiger charge is 2.29. The Morgan fingerprint density at radius 1 is 1.18 bits per heavy atom. The van der Waals surface area contributed by atoms with Gasteiger partial charge in [0.25, 0.3) is 0 Å². The molecule has 0 bridgehead atoms. The van der Waals surface area contributed by atoms with Crippen LogP contribution in [-0.4, -0.2) is 18.8 Å². The fourth-order valence-corrected chi connectivity index (χ4v) is 3.03. The second kappa shape index (κ2) is 8.10. The Hall–Kier alpha value is -0.0800. The predicted molar refractivity (Wildman–Crippen MR) is 74.0 cm³/mol. The Kier molecular flexibility index (Phi) is 7.14. The largest absolute Gasteiger partial charge is 0.377 e. The number of nitrogens with two attached hydrogens (primary N) is 1. The van der Waals surface area contributed by atoms with E-state index in [0.29, 0.717) is 12.0 Å². The molecule has 0 aromatic carbocycles. The quantitative estimate of drug-likeness (QED) is 0.737. The maximum absolute atomic E-state index is 6.39. The van der Waals surface area contributed by atoms with Gasteiger partial charge in [0, 0.05) is 12.6 Å². The van der Waals surface area contributed by atoms with Gasteiger partial charge in [-0.2, -0.15) is 0 Å². The van der Waals surface area contributed by atoms with Crippen molar-refractivity contribution in [3.63, 3.8) is 0 Å². The van der Waals surface area contributed by atoms with Crippen LogP contribution in [0, 0.1) is 11.8 Å². The van der Waals surface area contributed by atoms with Crippen molar-refractivity contribution in [1.82, 2.24) is 0 Å². The topological polar surface area (TPSA) is 35.2 Å².